The highest BCUT2D eigenvalue weighted by Gasteiger charge is 2.42. The van der Waals surface area contributed by atoms with E-state index in [4.69, 9.17) is 11.5 Å². The van der Waals surface area contributed by atoms with Crippen LogP contribution in [0, 0.1) is 0 Å². The molecule has 7 N–H and O–H groups in total. The van der Waals surface area contributed by atoms with Gasteiger partial charge in [-0.3, -0.25) is 4.79 Å². The second kappa shape index (κ2) is 7.05. The van der Waals surface area contributed by atoms with Crippen molar-refractivity contribution < 1.29 is 19.9 Å². The minimum atomic E-state index is -1.65. The number of nitrogens with zero attached hydrogens (tertiary/aromatic N) is 1. The van der Waals surface area contributed by atoms with Crippen LogP contribution in [0.3, 0.4) is 0 Å². The molecule has 0 radical (unpaired) electrons. The molecule has 0 bridgehead atoms. The molecular weight excluding hydrogens is 237 g/mol. The Hall–Kier alpha value is -0.665. The van der Waals surface area contributed by atoms with Gasteiger partial charge < -0.3 is 31.5 Å². The number of carbonyl (C=O) groups excluding carboxylic acids is 1. The van der Waals surface area contributed by atoms with Gasteiger partial charge in [-0.1, -0.05) is 6.42 Å². The highest BCUT2D eigenvalue weighted by molar-refractivity contribution is 6.43. The molecule has 1 heterocycles. The van der Waals surface area contributed by atoms with E-state index in [-0.39, 0.29) is 18.9 Å². The molecule has 3 atom stereocenters. The highest BCUT2D eigenvalue weighted by Crippen LogP contribution is 2.20. The van der Waals surface area contributed by atoms with Crippen molar-refractivity contribution in [2.24, 2.45) is 11.5 Å². The molecular formula is C10H22BN3O4. The molecule has 104 valence electrons. The molecule has 0 saturated carbocycles. The van der Waals surface area contributed by atoms with Crippen molar-refractivity contribution in [3.63, 3.8) is 0 Å². The third-order valence-corrected chi connectivity index (χ3v) is 3.24. The van der Waals surface area contributed by atoms with Gasteiger partial charge in [-0.25, -0.2) is 0 Å². The maximum absolute atomic E-state index is 12.0. The van der Waals surface area contributed by atoms with Gasteiger partial charge >= 0.3 is 7.12 Å². The SMILES string of the molecule is NCCCCC(N)C(=O)N1C[C@@H](O)C[C@H]1B(O)O. The maximum Gasteiger partial charge on any atom is 0.475 e. The first-order valence-corrected chi connectivity index (χ1v) is 6.27. The summed E-state index contributed by atoms with van der Waals surface area (Å²) >= 11 is 0. The van der Waals surface area contributed by atoms with Crippen molar-refractivity contribution in [1.82, 2.24) is 4.90 Å². The molecule has 1 rings (SSSR count). The van der Waals surface area contributed by atoms with Gasteiger partial charge in [-0.05, 0) is 25.8 Å². The smallest absolute Gasteiger partial charge is 0.426 e. The summed E-state index contributed by atoms with van der Waals surface area (Å²) in [5, 5.41) is 27.8. The number of aliphatic hydroxyl groups is 1. The molecule has 18 heavy (non-hydrogen) atoms. The lowest BCUT2D eigenvalue weighted by molar-refractivity contribution is -0.133. The Labute approximate surface area is 107 Å². The molecule has 1 saturated heterocycles. The fourth-order valence-electron chi connectivity index (χ4n) is 2.22. The summed E-state index contributed by atoms with van der Waals surface area (Å²) in [4.78, 5) is 13.3. The van der Waals surface area contributed by atoms with Crippen LogP contribution >= 0.6 is 0 Å². The normalized spacial score (nSPS) is 25.3. The quantitative estimate of drug-likeness (QED) is 0.263. The lowest BCUT2D eigenvalue weighted by Crippen LogP contribution is -2.51. The van der Waals surface area contributed by atoms with E-state index < -0.39 is 25.2 Å². The number of hydrogen-bond acceptors (Lipinski definition) is 6. The zero-order valence-corrected chi connectivity index (χ0v) is 10.4. The van der Waals surface area contributed by atoms with Gasteiger partial charge in [-0.2, -0.15) is 0 Å². The molecule has 0 aromatic carbocycles. The molecule has 0 aliphatic carbocycles. The summed E-state index contributed by atoms with van der Waals surface area (Å²) < 4.78 is 0. The van der Waals surface area contributed by atoms with Crippen LogP contribution in [0.4, 0.5) is 0 Å². The van der Waals surface area contributed by atoms with Crippen LogP contribution in [0.25, 0.3) is 0 Å². The third kappa shape index (κ3) is 3.92. The van der Waals surface area contributed by atoms with Gasteiger partial charge in [0.05, 0.1) is 18.1 Å². The number of carbonyl (C=O) groups is 1. The van der Waals surface area contributed by atoms with E-state index >= 15 is 0 Å². The van der Waals surface area contributed by atoms with Crippen molar-refractivity contribution in [2.45, 2.75) is 43.8 Å². The predicted octanol–water partition coefficient (Wildman–Crippen LogP) is -2.58. The molecule has 0 spiro atoms. The van der Waals surface area contributed by atoms with Gasteiger partial charge in [0.2, 0.25) is 5.91 Å². The van der Waals surface area contributed by atoms with Gasteiger partial charge in [0.25, 0.3) is 0 Å². The lowest BCUT2D eigenvalue weighted by atomic mass is 9.77. The minimum absolute atomic E-state index is 0.103. The van der Waals surface area contributed by atoms with Crippen LogP contribution in [0.2, 0.25) is 0 Å². The monoisotopic (exact) mass is 259 g/mol. The standard InChI is InChI=1S/C10H22BN3O4/c12-4-2-1-3-8(13)10(16)14-6-7(15)5-9(14)11(17)18/h7-9,15,17-18H,1-6,12-13H2/t7-,8?,9-/m0/s1. The van der Waals surface area contributed by atoms with E-state index in [1.54, 1.807) is 0 Å². The summed E-state index contributed by atoms with van der Waals surface area (Å²) in [5.41, 5.74) is 11.1. The molecule has 8 heteroatoms. The zero-order valence-electron chi connectivity index (χ0n) is 10.4. The number of unbranched alkanes of at least 4 members (excludes halogenated alkanes) is 1. The number of rotatable bonds is 6. The van der Waals surface area contributed by atoms with Gasteiger partial charge in [0, 0.05) is 6.54 Å². The molecule has 0 aromatic rings. The van der Waals surface area contributed by atoms with Crippen LogP contribution in [-0.2, 0) is 4.79 Å². The lowest BCUT2D eigenvalue weighted by Gasteiger charge is -2.26. The molecule has 1 fully saturated rings. The fraction of sp³-hybridized carbons (Fsp3) is 0.900. The molecule has 1 amide bonds. The van der Waals surface area contributed by atoms with Crippen LogP contribution in [-0.4, -0.2) is 64.3 Å². The Bertz CT molecular complexity index is 280. The van der Waals surface area contributed by atoms with Gasteiger partial charge in [0.15, 0.2) is 0 Å². The minimum Gasteiger partial charge on any atom is -0.426 e. The van der Waals surface area contributed by atoms with Crippen LogP contribution in [0.15, 0.2) is 0 Å². The first-order valence-electron chi connectivity index (χ1n) is 6.27. The average Bonchev–Trinajstić information content (AvgIpc) is 2.70. The number of likely N-dealkylation sites (tertiary alicyclic amines) is 1. The first kappa shape index (κ1) is 15.4. The predicted molar refractivity (Wildman–Crippen MR) is 67.2 cm³/mol. The van der Waals surface area contributed by atoms with Crippen molar-refractivity contribution >= 4 is 13.0 Å². The van der Waals surface area contributed by atoms with Crippen molar-refractivity contribution in [3.8, 4) is 0 Å². The number of aliphatic hydroxyl groups excluding tert-OH is 1. The van der Waals surface area contributed by atoms with Crippen LogP contribution in [0.5, 0.6) is 0 Å². The topological polar surface area (TPSA) is 133 Å². The first-order chi connectivity index (χ1) is 8.47. The summed E-state index contributed by atoms with van der Waals surface area (Å²) in [7, 11) is -1.65. The number of amides is 1. The van der Waals surface area contributed by atoms with Gasteiger partial charge in [0.1, 0.15) is 0 Å². The second-order valence-electron chi connectivity index (χ2n) is 4.75. The fourth-order valence-corrected chi connectivity index (χ4v) is 2.22. The van der Waals surface area contributed by atoms with E-state index in [2.05, 4.69) is 0 Å². The van der Waals surface area contributed by atoms with Crippen molar-refractivity contribution in [1.29, 1.82) is 0 Å². The van der Waals surface area contributed by atoms with Crippen LogP contribution < -0.4 is 11.5 Å². The van der Waals surface area contributed by atoms with Crippen LogP contribution in [0.1, 0.15) is 25.7 Å². The third-order valence-electron chi connectivity index (χ3n) is 3.24. The number of hydrogen-bond donors (Lipinski definition) is 5. The number of nitrogens with two attached hydrogens (primary N) is 2. The Kier molecular flexibility index (Phi) is 6.03. The average molecular weight is 259 g/mol. The molecule has 1 aliphatic heterocycles. The molecule has 1 aliphatic rings. The Morgan fingerprint density at radius 2 is 2.11 bits per heavy atom. The van der Waals surface area contributed by atoms with E-state index in [0.717, 1.165) is 12.8 Å². The largest absolute Gasteiger partial charge is 0.475 e. The van der Waals surface area contributed by atoms with E-state index in [1.807, 2.05) is 0 Å². The maximum atomic E-state index is 12.0. The highest BCUT2D eigenvalue weighted by atomic mass is 16.4. The van der Waals surface area contributed by atoms with Crippen molar-refractivity contribution in [2.75, 3.05) is 13.1 Å². The van der Waals surface area contributed by atoms with Gasteiger partial charge in [-0.15, -0.1) is 0 Å². The molecule has 1 unspecified atom stereocenters. The summed E-state index contributed by atoms with van der Waals surface area (Å²) in [6.07, 6.45) is 1.51. The van der Waals surface area contributed by atoms with E-state index in [1.165, 1.54) is 4.90 Å². The summed E-state index contributed by atoms with van der Waals surface area (Å²) in [5.74, 6) is -1.12. The summed E-state index contributed by atoms with van der Waals surface area (Å²) in [6.45, 7) is 0.660. The van der Waals surface area contributed by atoms with Crippen molar-refractivity contribution in [3.05, 3.63) is 0 Å². The Morgan fingerprint density at radius 1 is 1.44 bits per heavy atom. The van der Waals surface area contributed by atoms with E-state index in [9.17, 15) is 19.9 Å². The summed E-state index contributed by atoms with van der Waals surface area (Å²) in [6, 6.07) is -0.678. The Balaban J connectivity index is 2.53. The Morgan fingerprint density at radius 3 is 2.67 bits per heavy atom. The van der Waals surface area contributed by atoms with E-state index in [0.29, 0.717) is 13.0 Å². The number of β-amino-alcohol motifs (C(OH)–C–C–N with tert-alkyl or cyclic N) is 1. The molecule has 0 aromatic heterocycles. The molecule has 7 nitrogen and oxygen atoms in total. The second-order valence-corrected chi connectivity index (χ2v) is 4.75. The zero-order chi connectivity index (χ0) is 13.7.